The second-order valence-corrected chi connectivity index (χ2v) is 12.2. The van der Waals surface area contributed by atoms with Crippen LogP contribution in [0, 0.1) is 0 Å². The maximum absolute atomic E-state index is 14.0. The van der Waals surface area contributed by atoms with Crippen LogP contribution in [-0.2, 0) is 26.2 Å². The fourth-order valence-electron chi connectivity index (χ4n) is 4.22. The maximum Gasteiger partial charge on any atom is 0.264 e. The molecular weight excluding hydrogens is 574 g/mol. The van der Waals surface area contributed by atoms with E-state index in [1.165, 1.54) is 28.8 Å². The van der Waals surface area contributed by atoms with Crippen molar-refractivity contribution in [3.8, 4) is 11.5 Å². The zero-order valence-corrected chi connectivity index (χ0v) is 26.3. The number of nitrogens with one attached hydrogen (secondary N) is 1. The van der Waals surface area contributed by atoms with Gasteiger partial charge in [-0.25, -0.2) is 8.42 Å². The molecule has 0 heterocycles. The summed E-state index contributed by atoms with van der Waals surface area (Å²) in [4.78, 5) is 29.4. The molecule has 0 saturated heterocycles. The smallest absolute Gasteiger partial charge is 0.264 e. The van der Waals surface area contributed by atoms with E-state index in [1.54, 1.807) is 68.6 Å². The summed E-state index contributed by atoms with van der Waals surface area (Å²) in [6, 6.07) is 19.4. The van der Waals surface area contributed by atoms with E-state index in [0.717, 1.165) is 21.2 Å². The third kappa shape index (κ3) is 8.42. The van der Waals surface area contributed by atoms with Gasteiger partial charge >= 0.3 is 0 Å². The normalized spacial score (nSPS) is 11.8. The molecule has 0 saturated carbocycles. The van der Waals surface area contributed by atoms with Gasteiger partial charge in [0.15, 0.2) is 0 Å². The number of benzene rings is 3. The molecule has 0 fully saturated rings. The van der Waals surface area contributed by atoms with Crippen LogP contribution < -0.4 is 19.1 Å². The lowest BCUT2D eigenvalue weighted by Crippen LogP contribution is -2.51. The van der Waals surface area contributed by atoms with Gasteiger partial charge in [0.1, 0.15) is 24.1 Å². The van der Waals surface area contributed by atoms with Crippen LogP contribution in [0.2, 0.25) is 0 Å². The number of sulfonamides is 1. The van der Waals surface area contributed by atoms with Crippen molar-refractivity contribution in [3.63, 3.8) is 0 Å². The van der Waals surface area contributed by atoms with Gasteiger partial charge < -0.3 is 19.7 Å². The highest BCUT2D eigenvalue weighted by atomic mass is 32.2. The van der Waals surface area contributed by atoms with Crippen LogP contribution in [0.1, 0.15) is 32.8 Å². The minimum atomic E-state index is -4.16. The number of nitrogens with zero attached hydrogens (tertiary/aromatic N) is 2. The first-order chi connectivity index (χ1) is 20.1. The summed E-state index contributed by atoms with van der Waals surface area (Å²) in [6.07, 6.45) is 2.64. The van der Waals surface area contributed by atoms with Gasteiger partial charge in [0.25, 0.3) is 10.0 Å². The number of anilines is 1. The Hall–Kier alpha value is -3.70. The van der Waals surface area contributed by atoms with E-state index in [9.17, 15) is 18.0 Å². The van der Waals surface area contributed by atoms with E-state index in [-0.39, 0.29) is 17.3 Å². The highest BCUT2D eigenvalue weighted by molar-refractivity contribution is 7.98. The number of ether oxygens (including phenoxy) is 2. The lowest BCUT2D eigenvalue weighted by molar-refractivity contribution is -0.139. The molecule has 0 aliphatic carbocycles. The van der Waals surface area contributed by atoms with Gasteiger partial charge in [-0.05, 0) is 92.8 Å². The van der Waals surface area contributed by atoms with Crippen molar-refractivity contribution in [2.24, 2.45) is 0 Å². The van der Waals surface area contributed by atoms with Crippen LogP contribution in [0.25, 0.3) is 0 Å². The Labute approximate surface area is 253 Å². The molecule has 3 rings (SSSR count). The predicted molar refractivity (Wildman–Crippen MR) is 167 cm³/mol. The van der Waals surface area contributed by atoms with Crippen LogP contribution in [0.15, 0.2) is 82.6 Å². The van der Waals surface area contributed by atoms with E-state index >= 15 is 0 Å². The summed E-state index contributed by atoms with van der Waals surface area (Å²) in [7, 11) is -2.61. The number of carbonyl (C=O) groups excluding carboxylic acids is 2. The fraction of sp³-hybridized carbons (Fsp3) is 0.355. The lowest BCUT2D eigenvalue weighted by atomic mass is 10.1. The van der Waals surface area contributed by atoms with Crippen LogP contribution in [0.5, 0.6) is 11.5 Å². The zero-order valence-electron chi connectivity index (χ0n) is 24.7. The zero-order chi connectivity index (χ0) is 30.7. The SMILES string of the molecule is CCCNC(=O)[C@@H](C)N(Cc1cccc(OC)c1)C(=O)CN(c1ccc(OCC)cc1)S(=O)(=O)c1ccc(SC)cc1. The van der Waals surface area contributed by atoms with Gasteiger partial charge in [-0.2, -0.15) is 0 Å². The molecule has 0 aliphatic rings. The molecule has 0 bridgehead atoms. The number of hydrogen-bond donors (Lipinski definition) is 1. The first-order valence-corrected chi connectivity index (χ1v) is 16.4. The minimum absolute atomic E-state index is 0.0510. The summed E-state index contributed by atoms with van der Waals surface area (Å²) in [5.74, 6) is 0.330. The molecule has 11 heteroatoms. The van der Waals surface area contributed by atoms with E-state index in [2.05, 4.69) is 5.32 Å². The molecule has 0 radical (unpaired) electrons. The summed E-state index contributed by atoms with van der Waals surface area (Å²) in [6.45, 7) is 5.92. The maximum atomic E-state index is 14.0. The van der Waals surface area contributed by atoms with Gasteiger partial charge in [0.05, 0.1) is 24.3 Å². The van der Waals surface area contributed by atoms with Crippen LogP contribution in [-0.4, -0.2) is 64.2 Å². The molecule has 3 aromatic rings. The van der Waals surface area contributed by atoms with Crippen LogP contribution >= 0.6 is 11.8 Å². The largest absolute Gasteiger partial charge is 0.497 e. The van der Waals surface area contributed by atoms with Gasteiger partial charge in [-0.1, -0.05) is 19.1 Å². The van der Waals surface area contributed by atoms with Gasteiger partial charge in [-0.3, -0.25) is 13.9 Å². The number of hydrogen-bond acceptors (Lipinski definition) is 7. The van der Waals surface area contributed by atoms with E-state index in [0.29, 0.717) is 30.3 Å². The number of thioether (sulfide) groups is 1. The molecule has 226 valence electrons. The number of amides is 2. The average molecular weight is 614 g/mol. The quantitative estimate of drug-likeness (QED) is 0.242. The molecule has 0 aromatic heterocycles. The summed E-state index contributed by atoms with van der Waals surface area (Å²) < 4.78 is 40.0. The average Bonchev–Trinajstić information content (AvgIpc) is 3.01. The van der Waals surface area contributed by atoms with Crippen LogP contribution in [0.4, 0.5) is 5.69 Å². The second-order valence-electron chi connectivity index (χ2n) is 9.45. The predicted octanol–water partition coefficient (Wildman–Crippen LogP) is 4.95. The Morgan fingerprint density at radius 1 is 0.976 bits per heavy atom. The van der Waals surface area contributed by atoms with Gasteiger partial charge in [0, 0.05) is 18.0 Å². The van der Waals surface area contributed by atoms with Crippen molar-refractivity contribution in [1.82, 2.24) is 10.2 Å². The third-order valence-electron chi connectivity index (χ3n) is 6.57. The van der Waals surface area contributed by atoms with E-state index < -0.39 is 28.5 Å². The van der Waals surface area contributed by atoms with E-state index in [4.69, 9.17) is 9.47 Å². The van der Waals surface area contributed by atoms with Crippen molar-refractivity contribution in [3.05, 3.63) is 78.4 Å². The van der Waals surface area contributed by atoms with Crippen molar-refractivity contribution >= 4 is 39.3 Å². The summed E-state index contributed by atoms with van der Waals surface area (Å²) >= 11 is 1.50. The monoisotopic (exact) mass is 613 g/mol. The Morgan fingerprint density at radius 2 is 1.67 bits per heavy atom. The molecule has 3 aromatic carbocycles. The Morgan fingerprint density at radius 3 is 2.26 bits per heavy atom. The highest BCUT2D eigenvalue weighted by Crippen LogP contribution is 2.28. The first-order valence-electron chi connectivity index (χ1n) is 13.7. The fourth-order valence-corrected chi connectivity index (χ4v) is 6.05. The highest BCUT2D eigenvalue weighted by Gasteiger charge is 2.32. The first kappa shape index (κ1) is 32.8. The van der Waals surface area contributed by atoms with Gasteiger partial charge in [-0.15, -0.1) is 11.8 Å². The number of rotatable bonds is 15. The molecule has 9 nitrogen and oxygen atoms in total. The molecule has 1 atom stereocenters. The molecular formula is C31H39N3O6S2. The van der Waals surface area contributed by atoms with Crippen molar-refractivity contribution in [2.45, 2.75) is 49.6 Å². The molecule has 0 unspecified atom stereocenters. The molecule has 0 aliphatic heterocycles. The Kier molecular flexibility index (Phi) is 12.1. The lowest BCUT2D eigenvalue weighted by Gasteiger charge is -2.32. The number of methoxy groups -OCH3 is 1. The third-order valence-corrected chi connectivity index (χ3v) is 9.10. The van der Waals surface area contributed by atoms with E-state index in [1.807, 2.05) is 26.2 Å². The van der Waals surface area contributed by atoms with Crippen molar-refractivity contribution in [1.29, 1.82) is 0 Å². The summed E-state index contributed by atoms with van der Waals surface area (Å²) in [5, 5.41) is 2.84. The standard InChI is InChI=1S/C31H39N3O6S2/c1-6-19-32-31(36)23(3)33(21-24-9-8-10-27(20-24)39-4)30(35)22-34(25-11-13-26(14-12-25)40-7-2)42(37,38)29-17-15-28(41-5)16-18-29/h8-18,20,23H,6-7,19,21-22H2,1-5H3,(H,32,36)/t23-/m1/s1. The molecule has 1 N–H and O–H groups in total. The molecule has 0 spiro atoms. The second kappa shape index (κ2) is 15.5. The minimum Gasteiger partial charge on any atom is -0.497 e. The summed E-state index contributed by atoms with van der Waals surface area (Å²) in [5.41, 5.74) is 1.03. The van der Waals surface area contributed by atoms with Crippen LogP contribution in [0.3, 0.4) is 0 Å². The molecule has 42 heavy (non-hydrogen) atoms. The Balaban J connectivity index is 2.03. The number of carbonyl (C=O) groups is 2. The topological polar surface area (TPSA) is 105 Å². The Bertz CT molecular complexity index is 1430. The van der Waals surface area contributed by atoms with Gasteiger partial charge in [0.2, 0.25) is 11.8 Å². The van der Waals surface area contributed by atoms with Crippen molar-refractivity contribution < 1.29 is 27.5 Å². The molecule has 2 amide bonds. The van der Waals surface area contributed by atoms with Crippen molar-refractivity contribution in [2.75, 3.05) is 37.4 Å².